The zero-order valence-electron chi connectivity index (χ0n) is 9.47. The van der Waals surface area contributed by atoms with Crippen LogP contribution in [0.25, 0.3) is 0 Å². The fraction of sp³-hybridized carbons (Fsp3) is 0.455. The number of H-pyrrole nitrogens is 1. The van der Waals surface area contributed by atoms with Crippen LogP contribution in [0.1, 0.15) is 43.1 Å². The second-order valence-corrected chi connectivity index (χ2v) is 4.71. The summed E-state index contributed by atoms with van der Waals surface area (Å²) in [5, 5.41) is 12.4. The van der Waals surface area contributed by atoms with Crippen molar-refractivity contribution in [3.05, 3.63) is 34.5 Å². The van der Waals surface area contributed by atoms with Gasteiger partial charge in [-0.25, -0.2) is 4.98 Å². The Morgan fingerprint density at radius 3 is 3.00 bits per heavy atom. The van der Waals surface area contributed by atoms with Crippen LogP contribution in [0.5, 0.6) is 0 Å². The van der Waals surface area contributed by atoms with E-state index in [1.54, 1.807) is 17.7 Å². The highest BCUT2D eigenvalue weighted by atomic mass is 32.1. The number of thiophene rings is 1. The number of hydrogen-bond donors (Lipinski definition) is 2. The molecule has 0 spiro atoms. The summed E-state index contributed by atoms with van der Waals surface area (Å²) < 4.78 is 0. The lowest BCUT2D eigenvalue weighted by Crippen LogP contribution is -2.24. The Morgan fingerprint density at radius 2 is 2.44 bits per heavy atom. The van der Waals surface area contributed by atoms with Crippen molar-refractivity contribution >= 4 is 11.3 Å². The van der Waals surface area contributed by atoms with Gasteiger partial charge in [0.05, 0.1) is 6.04 Å². The molecule has 0 fully saturated rings. The number of hydrogen-bond acceptors (Lipinski definition) is 4. The molecule has 2 aromatic heterocycles. The van der Waals surface area contributed by atoms with Gasteiger partial charge in [0.25, 0.3) is 0 Å². The van der Waals surface area contributed by atoms with Gasteiger partial charge in [-0.05, 0) is 24.8 Å². The predicted molar refractivity (Wildman–Crippen MR) is 65.3 cm³/mol. The Morgan fingerprint density at radius 1 is 1.56 bits per heavy atom. The van der Waals surface area contributed by atoms with Crippen LogP contribution in [0.3, 0.4) is 0 Å². The van der Waals surface area contributed by atoms with Crippen LogP contribution in [0.15, 0.2) is 23.8 Å². The fourth-order valence-electron chi connectivity index (χ4n) is 1.69. The third-order valence-electron chi connectivity index (χ3n) is 2.59. The van der Waals surface area contributed by atoms with Gasteiger partial charge in [0.15, 0.2) is 0 Å². The summed E-state index contributed by atoms with van der Waals surface area (Å²) >= 11 is 1.79. The third-order valence-corrected chi connectivity index (χ3v) is 3.58. The highest BCUT2D eigenvalue weighted by Crippen LogP contribution is 2.24. The summed E-state index contributed by atoms with van der Waals surface area (Å²) in [5.41, 5.74) is 0. The molecule has 2 N–H and O–H groups in total. The topological polar surface area (TPSA) is 53.6 Å². The summed E-state index contributed by atoms with van der Waals surface area (Å²) in [4.78, 5) is 5.53. The monoisotopic (exact) mass is 236 g/mol. The summed E-state index contributed by atoms with van der Waals surface area (Å²) in [6.07, 6.45) is 2.61. The predicted octanol–water partition coefficient (Wildman–Crippen LogP) is 2.67. The van der Waals surface area contributed by atoms with E-state index in [0.717, 1.165) is 12.2 Å². The van der Waals surface area contributed by atoms with Crippen LogP contribution in [0, 0.1) is 0 Å². The van der Waals surface area contributed by atoms with Crippen molar-refractivity contribution in [1.29, 1.82) is 0 Å². The van der Waals surface area contributed by atoms with Crippen LogP contribution >= 0.6 is 11.3 Å². The van der Waals surface area contributed by atoms with E-state index in [0.29, 0.717) is 6.04 Å². The first-order chi connectivity index (χ1) is 7.81. The molecule has 2 heterocycles. The molecule has 0 saturated heterocycles. The molecule has 2 aromatic rings. The third kappa shape index (κ3) is 2.48. The van der Waals surface area contributed by atoms with Crippen molar-refractivity contribution in [3.8, 4) is 0 Å². The number of nitrogens with zero attached hydrogens (tertiary/aromatic N) is 2. The average molecular weight is 236 g/mol. The molecule has 0 aromatic carbocycles. The smallest absolute Gasteiger partial charge is 0.141 e. The minimum Gasteiger partial charge on any atom is -0.300 e. The van der Waals surface area contributed by atoms with Crippen LogP contribution in [-0.4, -0.2) is 15.2 Å². The van der Waals surface area contributed by atoms with Crippen molar-refractivity contribution in [2.75, 3.05) is 0 Å². The van der Waals surface area contributed by atoms with E-state index in [2.05, 4.69) is 51.9 Å². The number of rotatable bonds is 5. The van der Waals surface area contributed by atoms with Crippen molar-refractivity contribution in [1.82, 2.24) is 20.5 Å². The largest absolute Gasteiger partial charge is 0.300 e. The molecule has 4 nitrogen and oxygen atoms in total. The van der Waals surface area contributed by atoms with Gasteiger partial charge >= 0.3 is 0 Å². The van der Waals surface area contributed by atoms with Gasteiger partial charge < -0.3 is 0 Å². The lowest BCUT2D eigenvalue weighted by atomic mass is 10.1. The summed E-state index contributed by atoms with van der Waals surface area (Å²) in [6.45, 7) is 4.28. The Hall–Kier alpha value is -1.20. The molecule has 2 rings (SSSR count). The SMILES string of the molecule is CCC(NC(C)c1ncn[nH]1)c1cccs1. The van der Waals surface area contributed by atoms with Crippen LogP contribution in [0.2, 0.25) is 0 Å². The molecule has 16 heavy (non-hydrogen) atoms. The van der Waals surface area contributed by atoms with Crippen molar-refractivity contribution in [2.45, 2.75) is 32.4 Å². The highest BCUT2D eigenvalue weighted by Gasteiger charge is 2.15. The Bertz CT molecular complexity index is 396. The lowest BCUT2D eigenvalue weighted by molar-refractivity contribution is 0.448. The summed E-state index contributed by atoms with van der Waals surface area (Å²) in [5.74, 6) is 0.884. The molecule has 0 aliphatic carbocycles. The molecule has 86 valence electrons. The first-order valence-electron chi connectivity index (χ1n) is 5.46. The molecule has 5 heteroatoms. The first kappa shape index (κ1) is 11.3. The van der Waals surface area contributed by atoms with Gasteiger partial charge in [-0.2, -0.15) is 5.10 Å². The second-order valence-electron chi connectivity index (χ2n) is 3.74. The molecule has 0 aliphatic heterocycles. The molecule has 0 amide bonds. The average Bonchev–Trinajstić information content (AvgIpc) is 2.96. The van der Waals surface area contributed by atoms with Gasteiger partial charge in [-0.3, -0.25) is 10.4 Å². The van der Waals surface area contributed by atoms with Gasteiger partial charge in [-0.15, -0.1) is 11.3 Å². The van der Waals surface area contributed by atoms with Crippen molar-refractivity contribution in [3.63, 3.8) is 0 Å². The molecule has 0 saturated carbocycles. The zero-order chi connectivity index (χ0) is 11.4. The van der Waals surface area contributed by atoms with E-state index in [9.17, 15) is 0 Å². The highest BCUT2D eigenvalue weighted by molar-refractivity contribution is 7.10. The maximum atomic E-state index is 4.16. The minimum absolute atomic E-state index is 0.189. The van der Waals surface area contributed by atoms with Gasteiger partial charge in [0.2, 0.25) is 0 Å². The van der Waals surface area contributed by atoms with Crippen LogP contribution in [-0.2, 0) is 0 Å². The Kier molecular flexibility index (Phi) is 3.69. The number of aromatic amines is 1. The van der Waals surface area contributed by atoms with Gasteiger partial charge in [0, 0.05) is 10.9 Å². The lowest BCUT2D eigenvalue weighted by Gasteiger charge is -2.19. The summed E-state index contributed by atoms with van der Waals surface area (Å²) in [6, 6.07) is 4.83. The standard InChI is InChI=1S/C11H16N4S/c1-3-9(10-5-4-6-16-10)14-8(2)11-12-7-13-15-11/h4-9,14H,3H2,1-2H3,(H,12,13,15). The normalized spacial score (nSPS) is 14.9. The van der Waals surface area contributed by atoms with E-state index in [1.165, 1.54) is 4.88 Å². The number of aromatic nitrogens is 3. The molecule has 2 unspecified atom stereocenters. The van der Waals surface area contributed by atoms with Crippen LogP contribution in [0.4, 0.5) is 0 Å². The van der Waals surface area contributed by atoms with Crippen LogP contribution < -0.4 is 5.32 Å². The molecular formula is C11H16N4S. The Balaban J connectivity index is 2.02. The molecule has 0 bridgehead atoms. The minimum atomic E-state index is 0.189. The molecule has 0 aliphatic rings. The second kappa shape index (κ2) is 5.23. The van der Waals surface area contributed by atoms with Gasteiger partial charge in [0.1, 0.15) is 12.2 Å². The van der Waals surface area contributed by atoms with E-state index < -0.39 is 0 Å². The zero-order valence-corrected chi connectivity index (χ0v) is 10.3. The number of nitrogens with one attached hydrogen (secondary N) is 2. The summed E-state index contributed by atoms with van der Waals surface area (Å²) in [7, 11) is 0. The van der Waals surface area contributed by atoms with Gasteiger partial charge in [-0.1, -0.05) is 13.0 Å². The van der Waals surface area contributed by atoms with Crippen molar-refractivity contribution in [2.24, 2.45) is 0 Å². The maximum absolute atomic E-state index is 4.16. The fourth-order valence-corrected chi connectivity index (χ4v) is 2.57. The molecule has 2 atom stereocenters. The molecular weight excluding hydrogens is 220 g/mol. The van der Waals surface area contributed by atoms with E-state index in [-0.39, 0.29) is 6.04 Å². The van der Waals surface area contributed by atoms with Crippen molar-refractivity contribution < 1.29 is 0 Å². The Labute approximate surface area is 99.1 Å². The van der Waals surface area contributed by atoms with E-state index in [4.69, 9.17) is 0 Å². The quantitative estimate of drug-likeness (QED) is 0.839. The first-order valence-corrected chi connectivity index (χ1v) is 6.34. The van der Waals surface area contributed by atoms with E-state index in [1.807, 2.05) is 0 Å². The molecule has 0 radical (unpaired) electrons. The maximum Gasteiger partial charge on any atom is 0.141 e. The van der Waals surface area contributed by atoms with E-state index >= 15 is 0 Å².